The molecule has 8 nitrogen and oxygen atoms in total. The Morgan fingerprint density at radius 2 is 1.56 bits per heavy atom. The van der Waals surface area contributed by atoms with Gasteiger partial charge in [-0.05, 0) is 61.9 Å². The molecule has 0 aliphatic carbocycles. The summed E-state index contributed by atoms with van der Waals surface area (Å²) in [5.74, 6) is 0.408. The number of amides is 2. The smallest absolute Gasteiger partial charge is 0.258 e. The van der Waals surface area contributed by atoms with Crippen molar-refractivity contribution >= 4 is 23.5 Å². The summed E-state index contributed by atoms with van der Waals surface area (Å²) in [6.45, 7) is 3.52. The highest BCUT2D eigenvalue weighted by molar-refractivity contribution is 6.06. The fourth-order valence-corrected chi connectivity index (χ4v) is 3.11. The Kier molecular flexibility index (Phi) is 5.94. The molecule has 4 rings (SSSR count). The van der Waals surface area contributed by atoms with Crippen LogP contribution in [0.5, 0.6) is 0 Å². The van der Waals surface area contributed by atoms with Gasteiger partial charge in [-0.25, -0.2) is 4.98 Å². The minimum Gasteiger partial charge on any atom is -0.322 e. The molecule has 0 spiro atoms. The highest BCUT2D eigenvalue weighted by Gasteiger charge is 2.14. The van der Waals surface area contributed by atoms with Gasteiger partial charge in [-0.1, -0.05) is 24.3 Å². The molecule has 0 aliphatic rings. The van der Waals surface area contributed by atoms with Crippen LogP contribution in [-0.2, 0) is 0 Å². The van der Waals surface area contributed by atoms with Crippen LogP contribution in [0.3, 0.4) is 0 Å². The molecule has 0 bridgehead atoms. The zero-order valence-electron chi connectivity index (χ0n) is 17.5. The van der Waals surface area contributed by atoms with Crippen LogP contribution in [0.2, 0.25) is 0 Å². The zero-order valence-corrected chi connectivity index (χ0v) is 17.5. The van der Waals surface area contributed by atoms with Crippen LogP contribution in [0, 0.1) is 13.8 Å². The highest BCUT2D eigenvalue weighted by atomic mass is 16.2. The van der Waals surface area contributed by atoms with E-state index < -0.39 is 0 Å². The van der Waals surface area contributed by atoms with Crippen LogP contribution in [0.4, 0.5) is 11.6 Å². The topological polar surface area (TPSA) is 110 Å². The number of rotatable bonds is 5. The zero-order chi connectivity index (χ0) is 22.5. The minimum atomic E-state index is -0.360. The van der Waals surface area contributed by atoms with E-state index in [2.05, 4.69) is 30.6 Å². The van der Waals surface area contributed by atoms with Crippen molar-refractivity contribution in [1.29, 1.82) is 0 Å². The van der Waals surface area contributed by atoms with E-state index >= 15 is 0 Å². The molecule has 32 heavy (non-hydrogen) atoms. The maximum atomic E-state index is 12.8. The minimum absolute atomic E-state index is 0.143. The van der Waals surface area contributed by atoms with Crippen LogP contribution < -0.4 is 10.6 Å². The van der Waals surface area contributed by atoms with Gasteiger partial charge in [-0.3, -0.25) is 19.9 Å². The lowest BCUT2D eigenvalue weighted by atomic mass is 10.1. The van der Waals surface area contributed by atoms with Crippen molar-refractivity contribution in [1.82, 2.24) is 19.9 Å². The third kappa shape index (κ3) is 4.81. The number of aromatic nitrogens is 4. The first-order chi connectivity index (χ1) is 15.5. The van der Waals surface area contributed by atoms with Crippen LogP contribution >= 0.6 is 0 Å². The van der Waals surface area contributed by atoms with Crippen LogP contribution in [0.25, 0.3) is 11.5 Å². The SMILES string of the molecule is Cc1nc(NC(=O)c2ccc(NC(=O)c3ccccc3)cc2C)nc(-c2ccccn2)n1. The van der Waals surface area contributed by atoms with Crippen LogP contribution in [-0.4, -0.2) is 31.8 Å². The summed E-state index contributed by atoms with van der Waals surface area (Å²) in [7, 11) is 0. The third-order valence-electron chi connectivity index (χ3n) is 4.63. The van der Waals surface area contributed by atoms with E-state index in [0.717, 1.165) is 0 Å². The number of anilines is 2. The predicted molar refractivity (Wildman–Crippen MR) is 121 cm³/mol. The lowest BCUT2D eigenvalue weighted by molar-refractivity contribution is 0.101. The quantitative estimate of drug-likeness (QED) is 0.500. The van der Waals surface area contributed by atoms with Crippen molar-refractivity contribution in [2.24, 2.45) is 0 Å². The molecule has 2 amide bonds. The van der Waals surface area contributed by atoms with Crippen molar-refractivity contribution < 1.29 is 9.59 Å². The Labute approximate surface area is 184 Å². The first kappa shape index (κ1) is 20.8. The molecule has 0 saturated carbocycles. The van der Waals surface area contributed by atoms with E-state index in [9.17, 15) is 9.59 Å². The van der Waals surface area contributed by atoms with E-state index in [1.807, 2.05) is 12.1 Å². The molecule has 158 valence electrons. The summed E-state index contributed by atoms with van der Waals surface area (Å²) < 4.78 is 0. The Morgan fingerprint density at radius 3 is 2.28 bits per heavy atom. The lowest BCUT2D eigenvalue weighted by Gasteiger charge is -2.11. The van der Waals surface area contributed by atoms with E-state index in [-0.39, 0.29) is 17.8 Å². The van der Waals surface area contributed by atoms with Gasteiger partial charge in [0.1, 0.15) is 11.5 Å². The molecule has 2 aromatic heterocycles. The molecule has 0 unspecified atom stereocenters. The molecular formula is C24H20N6O2. The summed E-state index contributed by atoms with van der Waals surface area (Å²) in [5, 5.41) is 5.56. The normalized spacial score (nSPS) is 10.4. The second-order valence-corrected chi connectivity index (χ2v) is 7.05. The maximum Gasteiger partial charge on any atom is 0.258 e. The summed E-state index contributed by atoms with van der Waals surface area (Å²) in [5.41, 5.74) is 2.88. The van der Waals surface area contributed by atoms with Crippen molar-refractivity contribution in [3.05, 3.63) is 95.4 Å². The molecule has 0 aliphatic heterocycles. The van der Waals surface area contributed by atoms with E-state index in [4.69, 9.17) is 0 Å². The van der Waals surface area contributed by atoms with Crippen LogP contribution in [0.1, 0.15) is 32.1 Å². The van der Waals surface area contributed by atoms with Crippen molar-refractivity contribution in [3.63, 3.8) is 0 Å². The number of benzene rings is 2. The fourth-order valence-electron chi connectivity index (χ4n) is 3.11. The van der Waals surface area contributed by atoms with E-state index in [1.54, 1.807) is 74.6 Å². The van der Waals surface area contributed by atoms with Gasteiger partial charge in [0.2, 0.25) is 5.95 Å². The summed E-state index contributed by atoms with van der Waals surface area (Å²) in [4.78, 5) is 42.2. The summed E-state index contributed by atoms with van der Waals surface area (Å²) in [6, 6.07) is 19.4. The van der Waals surface area contributed by atoms with E-state index in [1.165, 1.54) is 0 Å². The number of carbonyl (C=O) groups is 2. The highest BCUT2D eigenvalue weighted by Crippen LogP contribution is 2.18. The fraction of sp³-hybridized carbons (Fsp3) is 0.0833. The van der Waals surface area contributed by atoms with Gasteiger partial charge in [0, 0.05) is 23.0 Å². The Morgan fingerprint density at radius 1 is 0.781 bits per heavy atom. The van der Waals surface area contributed by atoms with Crippen molar-refractivity contribution in [2.75, 3.05) is 10.6 Å². The van der Waals surface area contributed by atoms with E-state index in [0.29, 0.717) is 39.7 Å². The Balaban J connectivity index is 1.50. The summed E-state index contributed by atoms with van der Waals surface area (Å²) in [6.07, 6.45) is 1.65. The van der Waals surface area contributed by atoms with Gasteiger partial charge in [0.05, 0.1) is 0 Å². The van der Waals surface area contributed by atoms with Gasteiger partial charge in [-0.15, -0.1) is 0 Å². The number of carbonyl (C=O) groups excluding carboxylic acids is 2. The third-order valence-corrected chi connectivity index (χ3v) is 4.63. The van der Waals surface area contributed by atoms with Crippen molar-refractivity contribution in [3.8, 4) is 11.5 Å². The molecule has 8 heteroatoms. The average molecular weight is 424 g/mol. The predicted octanol–water partition coefficient (Wildman–Crippen LogP) is 4.06. The number of hydrogen-bond donors (Lipinski definition) is 2. The average Bonchev–Trinajstić information content (AvgIpc) is 2.80. The molecule has 2 N–H and O–H groups in total. The Bertz CT molecular complexity index is 1280. The van der Waals surface area contributed by atoms with Gasteiger partial charge < -0.3 is 5.32 Å². The molecule has 0 fully saturated rings. The van der Waals surface area contributed by atoms with Gasteiger partial charge in [0.15, 0.2) is 5.82 Å². The standard InChI is InChI=1S/C24H20N6O2/c1-15-14-18(28-22(31)17-8-4-3-5-9-17)11-12-19(15)23(32)30-24-27-16(2)26-21(29-24)20-10-6-7-13-25-20/h3-14H,1-2H3,(H,28,31)(H,26,27,29,30,32). The number of aryl methyl sites for hydroxylation is 2. The lowest BCUT2D eigenvalue weighted by Crippen LogP contribution is -2.17. The molecule has 0 saturated heterocycles. The first-order valence-electron chi connectivity index (χ1n) is 9.92. The second kappa shape index (κ2) is 9.13. The van der Waals surface area contributed by atoms with Gasteiger partial charge >= 0.3 is 0 Å². The van der Waals surface area contributed by atoms with Gasteiger partial charge in [0.25, 0.3) is 11.8 Å². The monoisotopic (exact) mass is 424 g/mol. The summed E-state index contributed by atoms with van der Waals surface area (Å²) >= 11 is 0. The molecule has 2 heterocycles. The molecular weight excluding hydrogens is 404 g/mol. The number of nitrogens with zero attached hydrogens (tertiary/aromatic N) is 4. The molecule has 4 aromatic rings. The van der Waals surface area contributed by atoms with Crippen LogP contribution in [0.15, 0.2) is 72.9 Å². The van der Waals surface area contributed by atoms with Crippen molar-refractivity contribution in [2.45, 2.75) is 13.8 Å². The maximum absolute atomic E-state index is 12.8. The number of nitrogens with one attached hydrogen (secondary N) is 2. The molecule has 2 aromatic carbocycles. The molecule has 0 atom stereocenters. The van der Waals surface area contributed by atoms with Gasteiger partial charge in [-0.2, -0.15) is 9.97 Å². The first-order valence-corrected chi connectivity index (χ1v) is 9.92. The molecule has 0 radical (unpaired) electrons. The second-order valence-electron chi connectivity index (χ2n) is 7.05. The number of hydrogen-bond acceptors (Lipinski definition) is 6. The number of pyridine rings is 1. The Hall–Kier alpha value is -4.46. The largest absolute Gasteiger partial charge is 0.322 e.